The molecule has 1 N–H and O–H groups in total. The summed E-state index contributed by atoms with van der Waals surface area (Å²) in [5.74, 6) is 0.403. The second-order valence-electron chi connectivity index (χ2n) is 4.73. The third-order valence-corrected chi connectivity index (χ3v) is 3.25. The van der Waals surface area contributed by atoms with Crippen molar-refractivity contribution in [2.75, 3.05) is 12.4 Å². The van der Waals surface area contributed by atoms with Crippen LogP contribution in [-0.4, -0.2) is 22.4 Å². The van der Waals surface area contributed by atoms with E-state index in [0.29, 0.717) is 17.1 Å². The molecule has 0 saturated heterocycles. The molecule has 2 heterocycles. The minimum absolute atomic E-state index is 0.224. The zero-order valence-electron chi connectivity index (χ0n) is 11.8. The van der Waals surface area contributed by atoms with E-state index >= 15 is 0 Å². The lowest BCUT2D eigenvalue weighted by Gasteiger charge is -2.10. The van der Waals surface area contributed by atoms with Crippen LogP contribution >= 0.6 is 0 Å². The largest absolute Gasteiger partial charge is 0.495 e. The van der Waals surface area contributed by atoms with Crippen LogP contribution in [0.4, 0.5) is 5.69 Å². The van der Waals surface area contributed by atoms with Gasteiger partial charge in [0.15, 0.2) is 0 Å². The number of aromatic nitrogens is 2. The fourth-order valence-corrected chi connectivity index (χ4v) is 2.21. The Morgan fingerprint density at radius 1 is 1.29 bits per heavy atom. The van der Waals surface area contributed by atoms with E-state index in [0.717, 1.165) is 11.2 Å². The van der Waals surface area contributed by atoms with Gasteiger partial charge in [-0.15, -0.1) is 0 Å². The second-order valence-corrected chi connectivity index (χ2v) is 4.73. The van der Waals surface area contributed by atoms with Gasteiger partial charge in [0.05, 0.1) is 19.0 Å². The fourth-order valence-electron chi connectivity index (χ4n) is 2.21. The zero-order valence-corrected chi connectivity index (χ0v) is 11.8. The summed E-state index contributed by atoms with van der Waals surface area (Å²) >= 11 is 0. The minimum Gasteiger partial charge on any atom is -0.495 e. The van der Waals surface area contributed by atoms with Gasteiger partial charge in [-0.25, -0.2) is 4.98 Å². The number of methoxy groups -OCH3 is 1. The van der Waals surface area contributed by atoms with E-state index in [4.69, 9.17) is 4.74 Å². The van der Waals surface area contributed by atoms with Crippen molar-refractivity contribution in [3.8, 4) is 5.75 Å². The predicted molar refractivity (Wildman–Crippen MR) is 80.9 cm³/mol. The van der Waals surface area contributed by atoms with Crippen molar-refractivity contribution in [1.29, 1.82) is 0 Å². The molecule has 0 atom stereocenters. The van der Waals surface area contributed by atoms with Crippen LogP contribution in [0.1, 0.15) is 16.1 Å². The maximum Gasteiger partial charge on any atom is 0.274 e. The first kappa shape index (κ1) is 13.2. The Morgan fingerprint density at radius 3 is 2.95 bits per heavy atom. The summed E-state index contributed by atoms with van der Waals surface area (Å²) in [6.45, 7) is 1.96. The van der Waals surface area contributed by atoms with E-state index in [2.05, 4.69) is 10.3 Å². The first-order valence-electron chi connectivity index (χ1n) is 6.57. The zero-order chi connectivity index (χ0) is 14.8. The number of benzene rings is 1. The quantitative estimate of drug-likeness (QED) is 0.803. The molecule has 0 aliphatic heterocycles. The van der Waals surface area contributed by atoms with Gasteiger partial charge in [-0.05, 0) is 36.8 Å². The number of nitrogens with zero attached hydrogens (tertiary/aromatic N) is 2. The van der Waals surface area contributed by atoms with Crippen LogP contribution in [0.3, 0.4) is 0 Å². The van der Waals surface area contributed by atoms with E-state index in [1.54, 1.807) is 17.7 Å². The highest BCUT2D eigenvalue weighted by molar-refractivity contribution is 6.04. The molecule has 5 heteroatoms. The SMILES string of the molecule is COc1ccc(C)cc1NC(=O)c1cnc2ccccn12. The molecule has 0 unspecified atom stereocenters. The van der Waals surface area contributed by atoms with Crippen LogP contribution in [0.5, 0.6) is 5.75 Å². The van der Waals surface area contributed by atoms with Crippen molar-refractivity contribution in [3.05, 3.63) is 60.0 Å². The molecule has 2 aromatic heterocycles. The topological polar surface area (TPSA) is 55.6 Å². The number of ether oxygens (including phenoxy) is 1. The number of nitrogens with one attached hydrogen (secondary N) is 1. The number of hydrogen-bond acceptors (Lipinski definition) is 3. The number of carbonyl (C=O) groups is 1. The number of rotatable bonds is 3. The lowest BCUT2D eigenvalue weighted by atomic mass is 10.2. The van der Waals surface area contributed by atoms with E-state index in [1.807, 2.05) is 49.5 Å². The Kier molecular flexibility index (Phi) is 3.31. The number of fused-ring (bicyclic) bond motifs is 1. The number of amides is 1. The van der Waals surface area contributed by atoms with Crippen molar-refractivity contribution >= 4 is 17.2 Å². The van der Waals surface area contributed by atoms with E-state index < -0.39 is 0 Å². The molecule has 5 nitrogen and oxygen atoms in total. The van der Waals surface area contributed by atoms with Crippen molar-refractivity contribution < 1.29 is 9.53 Å². The number of imidazole rings is 1. The van der Waals surface area contributed by atoms with Crippen molar-refractivity contribution in [2.24, 2.45) is 0 Å². The number of anilines is 1. The maximum absolute atomic E-state index is 12.4. The average Bonchev–Trinajstić information content (AvgIpc) is 2.91. The molecular formula is C16H15N3O2. The van der Waals surface area contributed by atoms with Gasteiger partial charge < -0.3 is 10.1 Å². The van der Waals surface area contributed by atoms with Crippen molar-refractivity contribution in [1.82, 2.24) is 9.38 Å². The molecule has 0 fully saturated rings. The number of pyridine rings is 1. The first-order valence-corrected chi connectivity index (χ1v) is 6.57. The standard InChI is InChI=1S/C16H15N3O2/c1-11-6-7-14(21-2)12(9-11)18-16(20)13-10-17-15-5-3-4-8-19(13)15/h3-10H,1-2H3,(H,18,20). The summed E-state index contributed by atoms with van der Waals surface area (Å²) in [6, 6.07) is 11.2. The molecule has 0 aliphatic rings. The van der Waals surface area contributed by atoms with Gasteiger partial charge in [0, 0.05) is 6.20 Å². The van der Waals surface area contributed by atoms with Crippen molar-refractivity contribution in [2.45, 2.75) is 6.92 Å². The van der Waals surface area contributed by atoms with Crippen LogP contribution in [0.25, 0.3) is 5.65 Å². The molecular weight excluding hydrogens is 266 g/mol. The average molecular weight is 281 g/mol. The van der Waals surface area contributed by atoms with Crippen LogP contribution in [-0.2, 0) is 0 Å². The fraction of sp³-hybridized carbons (Fsp3) is 0.125. The minimum atomic E-state index is -0.224. The van der Waals surface area contributed by atoms with Gasteiger partial charge in [-0.1, -0.05) is 12.1 Å². The first-order chi connectivity index (χ1) is 10.2. The highest BCUT2D eigenvalue weighted by atomic mass is 16.5. The maximum atomic E-state index is 12.4. The lowest BCUT2D eigenvalue weighted by Crippen LogP contribution is -2.15. The Labute approximate surface area is 122 Å². The van der Waals surface area contributed by atoms with Crippen LogP contribution in [0.15, 0.2) is 48.8 Å². The van der Waals surface area contributed by atoms with Crippen molar-refractivity contribution in [3.63, 3.8) is 0 Å². The summed E-state index contributed by atoms with van der Waals surface area (Å²) in [4.78, 5) is 16.7. The molecule has 0 aliphatic carbocycles. The molecule has 106 valence electrons. The summed E-state index contributed by atoms with van der Waals surface area (Å²) < 4.78 is 7.02. The predicted octanol–water partition coefficient (Wildman–Crippen LogP) is 2.90. The third-order valence-electron chi connectivity index (χ3n) is 3.25. The molecule has 3 rings (SSSR count). The summed E-state index contributed by atoms with van der Waals surface area (Å²) in [7, 11) is 1.58. The van der Waals surface area contributed by atoms with Crippen LogP contribution in [0, 0.1) is 6.92 Å². The van der Waals surface area contributed by atoms with E-state index in [9.17, 15) is 4.79 Å². The Bertz CT molecular complexity index is 808. The Morgan fingerprint density at radius 2 is 2.14 bits per heavy atom. The van der Waals surface area contributed by atoms with Crippen LogP contribution in [0.2, 0.25) is 0 Å². The number of carbonyl (C=O) groups excluding carboxylic acids is 1. The molecule has 0 spiro atoms. The lowest BCUT2D eigenvalue weighted by molar-refractivity contribution is 0.102. The van der Waals surface area contributed by atoms with Gasteiger partial charge >= 0.3 is 0 Å². The molecule has 3 aromatic rings. The summed E-state index contributed by atoms with van der Waals surface area (Å²) in [5, 5.41) is 2.87. The summed E-state index contributed by atoms with van der Waals surface area (Å²) in [6.07, 6.45) is 3.37. The van der Waals surface area contributed by atoms with Gasteiger partial charge in [-0.3, -0.25) is 9.20 Å². The second kappa shape index (κ2) is 5.28. The molecule has 0 radical (unpaired) electrons. The smallest absolute Gasteiger partial charge is 0.274 e. The van der Waals surface area contributed by atoms with Gasteiger partial charge in [0.2, 0.25) is 0 Å². The molecule has 0 bridgehead atoms. The van der Waals surface area contributed by atoms with Gasteiger partial charge in [-0.2, -0.15) is 0 Å². The van der Waals surface area contributed by atoms with Gasteiger partial charge in [0.25, 0.3) is 5.91 Å². The highest BCUT2D eigenvalue weighted by Gasteiger charge is 2.14. The third kappa shape index (κ3) is 2.45. The highest BCUT2D eigenvalue weighted by Crippen LogP contribution is 2.25. The molecule has 0 saturated carbocycles. The Hall–Kier alpha value is -2.82. The molecule has 1 aromatic carbocycles. The normalized spacial score (nSPS) is 10.6. The monoisotopic (exact) mass is 281 g/mol. The molecule has 1 amide bonds. The van der Waals surface area contributed by atoms with E-state index in [1.165, 1.54) is 0 Å². The molecule has 21 heavy (non-hydrogen) atoms. The van der Waals surface area contributed by atoms with E-state index in [-0.39, 0.29) is 5.91 Å². The summed E-state index contributed by atoms with van der Waals surface area (Å²) in [5.41, 5.74) is 2.91. The Balaban J connectivity index is 1.95. The number of aryl methyl sites for hydroxylation is 1. The van der Waals surface area contributed by atoms with Crippen LogP contribution < -0.4 is 10.1 Å². The number of hydrogen-bond donors (Lipinski definition) is 1. The van der Waals surface area contributed by atoms with Gasteiger partial charge in [0.1, 0.15) is 17.1 Å².